The lowest BCUT2D eigenvalue weighted by Crippen LogP contribution is -2.42. The van der Waals surface area contributed by atoms with E-state index in [1.165, 1.54) is 0 Å². The van der Waals surface area contributed by atoms with Crippen molar-refractivity contribution in [3.8, 4) is 0 Å². The van der Waals surface area contributed by atoms with Gasteiger partial charge in [0, 0.05) is 23.8 Å². The summed E-state index contributed by atoms with van der Waals surface area (Å²) in [5.41, 5.74) is 0.284. The average Bonchev–Trinajstić information content (AvgIpc) is 2.95. The summed E-state index contributed by atoms with van der Waals surface area (Å²) < 4.78 is 5.80. The highest BCUT2D eigenvalue weighted by Gasteiger charge is 2.56. The van der Waals surface area contributed by atoms with E-state index in [4.69, 9.17) is 4.74 Å². The van der Waals surface area contributed by atoms with Crippen LogP contribution in [0.5, 0.6) is 0 Å². The van der Waals surface area contributed by atoms with Crippen LogP contribution in [0.25, 0.3) is 0 Å². The maximum absolute atomic E-state index is 12.0. The molecule has 0 spiro atoms. The van der Waals surface area contributed by atoms with E-state index >= 15 is 0 Å². The summed E-state index contributed by atoms with van der Waals surface area (Å²) in [6.07, 6.45) is 3.19. The zero-order valence-electron chi connectivity index (χ0n) is 12.9. The van der Waals surface area contributed by atoms with Crippen LogP contribution in [0, 0.1) is 11.3 Å². The SMILES string of the molecule is CC(C)(C)c1csc(CC2(C(=O)O)CCOC2C2CC2)n1. The van der Waals surface area contributed by atoms with E-state index in [9.17, 15) is 9.90 Å². The molecule has 0 radical (unpaired) electrons. The second-order valence-corrected chi connectivity index (χ2v) is 8.34. The number of hydrogen-bond acceptors (Lipinski definition) is 4. The molecule has 2 aliphatic rings. The third kappa shape index (κ3) is 2.73. The van der Waals surface area contributed by atoms with Crippen LogP contribution in [0.3, 0.4) is 0 Å². The van der Waals surface area contributed by atoms with Gasteiger partial charge in [-0.25, -0.2) is 4.98 Å². The molecule has 2 atom stereocenters. The molecule has 0 bridgehead atoms. The molecule has 5 heteroatoms. The number of nitrogens with zero attached hydrogens (tertiary/aromatic N) is 1. The lowest BCUT2D eigenvalue weighted by molar-refractivity contribution is -0.153. The highest BCUT2D eigenvalue weighted by atomic mass is 32.1. The predicted octanol–water partition coefficient (Wildman–Crippen LogP) is 3.25. The molecule has 0 amide bonds. The fourth-order valence-electron chi connectivity index (χ4n) is 3.16. The van der Waals surface area contributed by atoms with Crippen molar-refractivity contribution in [3.05, 3.63) is 16.1 Å². The second kappa shape index (κ2) is 5.06. The first kappa shape index (κ1) is 15.0. The van der Waals surface area contributed by atoms with Gasteiger partial charge in [0.25, 0.3) is 0 Å². The average molecular weight is 309 g/mol. The first-order chi connectivity index (χ1) is 9.83. The van der Waals surface area contributed by atoms with E-state index in [1.54, 1.807) is 11.3 Å². The van der Waals surface area contributed by atoms with Gasteiger partial charge in [-0.05, 0) is 25.2 Å². The fourth-order valence-corrected chi connectivity index (χ4v) is 4.30. The van der Waals surface area contributed by atoms with Gasteiger partial charge in [-0.3, -0.25) is 4.79 Å². The Labute approximate surface area is 129 Å². The molecule has 3 rings (SSSR count). The van der Waals surface area contributed by atoms with Gasteiger partial charge in [0.05, 0.1) is 16.8 Å². The minimum absolute atomic E-state index is 0.00715. The normalized spacial score (nSPS) is 29.8. The lowest BCUT2D eigenvalue weighted by atomic mass is 9.76. The van der Waals surface area contributed by atoms with Crippen molar-refractivity contribution < 1.29 is 14.6 Å². The minimum atomic E-state index is -0.770. The molecule has 21 heavy (non-hydrogen) atoms. The molecular formula is C16H23NO3S. The number of aromatic nitrogens is 1. The summed E-state index contributed by atoms with van der Waals surface area (Å²) in [5.74, 6) is -0.282. The number of thiazole rings is 1. The van der Waals surface area contributed by atoms with Gasteiger partial charge in [-0.2, -0.15) is 0 Å². The molecule has 116 valence electrons. The summed E-state index contributed by atoms with van der Waals surface area (Å²) in [7, 11) is 0. The first-order valence-electron chi connectivity index (χ1n) is 7.63. The third-order valence-corrected chi connectivity index (χ3v) is 5.50. The topological polar surface area (TPSA) is 59.4 Å². The molecule has 2 heterocycles. The Morgan fingerprint density at radius 1 is 1.52 bits per heavy atom. The van der Waals surface area contributed by atoms with Gasteiger partial charge in [0.2, 0.25) is 0 Å². The highest BCUT2D eigenvalue weighted by molar-refractivity contribution is 7.09. The summed E-state index contributed by atoms with van der Waals surface area (Å²) >= 11 is 1.58. The maximum atomic E-state index is 12.0. The summed E-state index contributed by atoms with van der Waals surface area (Å²) in [6.45, 7) is 6.95. The van der Waals surface area contributed by atoms with E-state index in [2.05, 4.69) is 31.1 Å². The first-order valence-corrected chi connectivity index (χ1v) is 8.51. The molecule has 1 aromatic rings. The van der Waals surface area contributed by atoms with Crippen LogP contribution in [0.15, 0.2) is 5.38 Å². The van der Waals surface area contributed by atoms with Crippen LogP contribution in [-0.4, -0.2) is 28.8 Å². The van der Waals surface area contributed by atoms with Crippen LogP contribution in [0.2, 0.25) is 0 Å². The van der Waals surface area contributed by atoms with Crippen LogP contribution in [0.1, 0.15) is 50.7 Å². The molecule has 4 nitrogen and oxygen atoms in total. The Balaban J connectivity index is 1.86. The Morgan fingerprint density at radius 2 is 2.24 bits per heavy atom. The highest BCUT2D eigenvalue weighted by Crippen LogP contribution is 2.50. The Bertz CT molecular complexity index is 544. The zero-order valence-corrected chi connectivity index (χ0v) is 13.7. The molecule has 1 saturated carbocycles. The standard InChI is InChI=1S/C16H23NO3S/c1-15(2,3)11-9-21-12(17-11)8-16(14(18)19)6-7-20-13(16)10-4-5-10/h9-10,13H,4-8H2,1-3H3,(H,18,19). The van der Waals surface area contributed by atoms with E-state index in [-0.39, 0.29) is 11.5 Å². The number of carbonyl (C=O) groups is 1. The number of aliphatic carboxylic acids is 1. The van der Waals surface area contributed by atoms with Crippen LogP contribution >= 0.6 is 11.3 Å². The van der Waals surface area contributed by atoms with Crippen molar-refractivity contribution in [2.45, 2.75) is 58.0 Å². The summed E-state index contributed by atoms with van der Waals surface area (Å²) in [6, 6.07) is 0. The molecule has 1 N–H and O–H groups in total. The molecule has 2 fully saturated rings. The van der Waals surface area contributed by atoms with Crippen LogP contribution in [0.4, 0.5) is 0 Å². The fraction of sp³-hybridized carbons (Fsp3) is 0.750. The number of hydrogen-bond donors (Lipinski definition) is 1. The Morgan fingerprint density at radius 3 is 2.76 bits per heavy atom. The van der Waals surface area contributed by atoms with E-state index in [1.807, 2.05) is 0 Å². The third-order valence-electron chi connectivity index (χ3n) is 4.65. The second-order valence-electron chi connectivity index (χ2n) is 7.39. The predicted molar refractivity (Wildman–Crippen MR) is 81.7 cm³/mol. The van der Waals surface area contributed by atoms with E-state index in [0.29, 0.717) is 25.4 Å². The van der Waals surface area contributed by atoms with Gasteiger partial charge in [0.15, 0.2) is 0 Å². The van der Waals surface area contributed by atoms with Gasteiger partial charge in [-0.15, -0.1) is 11.3 Å². The van der Waals surface area contributed by atoms with Crippen molar-refractivity contribution in [1.29, 1.82) is 0 Å². The molecule has 1 saturated heterocycles. The Hall–Kier alpha value is -0.940. The lowest BCUT2D eigenvalue weighted by Gasteiger charge is -2.29. The number of rotatable bonds is 4. The van der Waals surface area contributed by atoms with Crippen molar-refractivity contribution in [3.63, 3.8) is 0 Å². The molecule has 0 aromatic carbocycles. The zero-order chi connectivity index (χ0) is 15.3. The molecule has 1 aliphatic heterocycles. The summed E-state index contributed by atoms with van der Waals surface area (Å²) in [4.78, 5) is 16.7. The molecule has 1 aliphatic carbocycles. The van der Waals surface area contributed by atoms with E-state index in [0.717, 1.165) is 23.5 Å². The largest absolute Gasteiger partial charge is 0.481 e. The van der Waals surface area contributed by atoms with Crippen molar-refractivity contribution >= 4 is 17.3 Å². The van der Waals surface area contributed by atoms with Gasteiger partial charge in [-0.1, -0.05) is 20.8 Å². The molecule has 1 aromatic heterocycles. The minimum Gasteiger partial charge on any atom is -0.481 e. The number of ether oxygens (including phenoxy) is 1. The Kier molecular flexibility index (Phi) is 3.61. The van der Waals surface area contributed by atoms with Crippen LogP contribution in [-0.2, 0) is 21.4 Å². The smallest absolute Gasteiger partial charge is 0.312 e. The van der Waals surface area contributed by atoms with Crippen molar-refractivity contribution in [1.82, 2.24) is 4.98 Å². The van der Waals surface area contributed by atoms with Gasteiger partial charge in [0.1, 0.15) is 5.41 Å². The van der Waals surface area contributed by atoms with Gasteiger partial charge >= 0.3 is 5.97 Å². The summed E-state index contributed by atoms with van der Waals surface area (Å²) in [5, 5.41) is 12.8. The number of carboxylic acid groups (broad SMARTS) is 1. The number of carboxylic acids is 1. The van der Waals surface area contributed by atoms with Crippen molar-refractivity contribution in [2.75, 3.05) is 6.61 Å². The van der Waals surface area contributed by atoms with E-state index < -0.39 is 11.4 Å². The molecule has 2 unspecified atom stereocenters. The maximum Gasteiger partial charge on any atom is 0.312 e. The molecular weight excluding hydrogens is 286 g/mol. The van der Waals surface area contributed by atoms with Crippen LogP contribution < -0.4 is 0 Å². The quantitative estimate of drug-likeness (QED) is 0.927. The van der Waals surface area contributed by atoms with Gasteiger partial charge < -0.3 is 9.84 Å². The monoisotopic (exact) mass is 309 g/mol. The van der Waals surface area contributed by atoms with Crippen molar-refractivity contribution in [2.24, 2.45) is 11.3 Å².